The van der Waals surface area contributed by atoms with Crippen molar-refractivity contribution in [1.29, 1.82) is 0 Å². The third kappa shape index (κ3) is 3.69. The predicted molar refractivity (Wildman–Crippen MR) is 70.9 cm³/mol. The Morgan fingerprint density at radius 1 is 1.56 bits per heavy atom. The summed E-state index contributed by atoms with van der Waals surface area (Å²) in [5, 5.41) is 19.8. The van der Waals surface area contributed by atoms with Crippen molar-refractivity contribution < 1.29 is 14.8 Å². The number of anilines is 1. The normalized spacial score (nSPS) is 10.1. The maximum atomic E-state index is 11.0. The molecule has 0 aliphatic carbocycles. The number of hydrogen-bond acceptors (Lipinski definition) is 4. The molecule has 1 N–H and O–H groups in total. The monoisotopic (exact) mass is 316 g/mol. The molecule has 1 aromatic carbocycles. The van der Waals surface area contributed by atoms with Crippen LogP contribution in [0.2, 0.25) is 0 Å². The Hall–Kier alpha value is -1.63. The van der Waals surface area contributed by atoms with Crippen LogP contribution in [0, 0.1) is 10.1 Å². The van der Waals surface area contributed by atoms with Gasteiger partial charge in [0.05, 0.1) is 4.92 Å². The molecule has 0 aliphatic heterocycles. The highest BCUT2D eigenvalue weighted by atomic mass is 79.9. The first-order valence-electron chi connectivity index (χ1n) is 5.36. The Morgan fingerprint density at radius 2 is 2.22 bits per heavy atom. The van der Waals surface area contributed by atoms with Crippen molar-refractivity contribution in [3.05, 3.63) is 32.8 Å². The molecule has 0 aliphatic rings. The van der Waals surface area contributed by atoms with E-state index in [1.54, 1.807) is 12.1 Å². The zero-order valence-corrected chi connectivity index (χ0v) is 11.4. The first-order chi connectivity index (χ1) is 8.45. The quantitative estimate of drug-likeness (QED) is 0.644. The van der Waals surface area contributed by atoms with E-state index < -0.39 is 10.9 Å². The zero-order valence-electron chi connectivity index (χ0n) is 9.80. The number of nitrogens with zero attached hydrogens (tertiary/aromatic N) is 2. The third-order valence-electron chi connectivity index (χ3n) is 2.29. The fourth-order valence-corrected chi connectivity index (χ4v) is 1.98. The summed E-state index contributed by atoms with van der Waals surface area (Å²) in [4.78, 5) is 22.7. The maximum Gasteiger partial charge on any atom is 0.323 e. The number of carboxylic acid groups (broad SMARTS) is 1. The molecule has 0 unspecified atom stereocenters. The van der Waals surface area contributed by atoms with Crippen LogP contribution in [0.15, 0.2) is 22.7 Å². The minimum Gasteiger partial charge on any atom is -0.480 e. The summed E-state index contributed by atoms with van der Waals surface area (Å²) in [6.07, 6.45) is 0.709. The molecule has 0 saturated heterocycles. The second-order valence-corrected chi connectivity index (χ2v) is 4.62. The van der Waals surface area contributed by atoms with Gasteiger partial charge in [0.1, 0.15) is 12.2 Å². The minimum atomic E-state index is -1.01. The van der Waals surface area contributed by atoms with Crippen LogP contribution >= 0.6 is 15.9 Å². The summed E-state index contributed by atoms with van der Waals surface area (Å²) in [5.41, 5.74) is 0.228. The number of halogens is 1. The van der Waals surface area contributed by atoms with Crippen molar-refractivity contribution in [1.82, 2.24) is 0 Å². The first-order valence-corrected chi connectivity index (χ1v) is 6.15. The Labute approximate surface area is 112 Å². The van der Waals surface area contributed by atoms with Gasteiger partial charge in [-0.2, -0.15) is 0 Å². The molecular weight excluding hydrogens is 304 g/mol. The third-order valence-corrected chi connectivity index (χ3v) is 2.79. The lowest BCUT2D eigenvalue weighted by atomic mass is 10.2. The molecule has 98 valence electrons. The predicted octanol–water partition coefficient (Wildman–Crippen LogP) is 2.66. The average Bonchev–Trinajstić information content (AvgIpc) is 2.27. The van der Waals surface area contributed by atoms with E-state index in [0.717, 1.165) is 0 Å². The Bertz CT molecular complexity index is 464. The van der Waals surface area contributed by atoms with Crippen LogP contribution in [0.1, 0.15) is 13.3 Å². The molecule has 6 nitrogen and oxygen atoms in total. The molecular formula is C11H13BrN2O4. The van der Waals surface area contributed by atoms with Crippen LogP contribution in [-0.2, 0) is 4.79 Å². The molecule has 1 rings (SSSR count). The number of nitro benzene ring substituents is 1. The molecule has 0 atom stereocenters. The molecule has 0 radical (unpaired) electrons. The number of nitro groups is 1. The van der Waals surface area contributed by atoms with Crippen LogP contribution in [-0.4, -0.2) is 29.1 Å². The highest BCUT2D eigenvalue weighted by Crippen LogP contribution is 2.31. The van der Waals surface area contributed by atoms with Crippen LogP contribution < -0.4 is 4.90 Å². The van der Waals surface area contributed by atoms with E-state index in [4.69, 9.17) is 5.11 Å². The van der Waals surface area contributed by atoms with E-state index in [-0.39, 0.29) is 12.2 Å². The van der Waals surface area contributed by atoms with Crippen LogP contribution in [0.5, 0.6) is 0 Å². The van der Waals surface area contributed by atoms with Gasteiger partial charge in [-0.1, -0.05) is 22.9 Å². The van der Waals surface area contributed by atoms with E-state index in [2.05, 4.69) is 15.9 Å². The summed E-state index contributed by atoms with van der Waals surface area (Å²) < 4.78 is 0.588. The number of carbonyl (C=O) groups is 1. The lowest BCUT2D eigenvalue weighted by molar-refractivity contribution is -0.384. The standard InChI is InChI=1S/C11H13BrN2O4/c1-2-5-13(7-11(15)16)9-4-3-8(12)6-10(9)14(17)18/h3-4,6H,2,5,7H2,1H3,(H,15,16). The molecule has 1 aromatic rings. The Morgan fingerprint density at radius 3 is 2.72 bits per heavy atom. The lowest BCUT2D eigenvalue weighted by Crippen LogP contribution is -2.30. The molecule has 0 amide bonds. The van der Waals surface area contributed by atoms with Gasteiger partial charge in [0, 0.05) is 17.1 Å². The highest BCUT2D eigenvalue weighted by Gasteiger charge is 2.20. The van der Waals surface area contributed by atoms with Crippen molar-refractivity contribution in [3.63, 3.8) is 0 Å². The Balaban J connectivity index is 3.17. The average molecular weight is 317 g/mol. The fraction of sp³-hybridized carbons (Fsp3) is 0.364. The molecule has 0 heterocycles. The van der Waals surface area contributed by atoms with Gasteiger partial charge in [0.25, 0.3) is 5.69 Å². The van der Waals surface area contributed by atoms with Crippen LogP contribution in [0.4, 0.5) is 11.4 Å². The van der Waals surface area contributed by atoms with Crippen molar-refractivity contribution in [2.75, 3.05) is 18.0 Å². The second kappa shape index (κ2) is 6.34. The molecule has 0 fully saturated rings. The van der Waals surface area contributed by atoms with Gasteiger partial charge < -0.3 is 10.0 Å². The zero-order chi connectivity index (χ0) is 13.7. The number of rotatable bonds is 6. The summed E-state index contributed by atoms with van der Waals surface area (Å²) in [7, 11) is 0. The van der Waals surface area contributed by atoms with E-state index >= 15 is 0 Å². The number of carboxylic acids is 1. The molecule has 18 heavy (non-hydrogen) atoms. The summed E-state index contributed by atoms with van der Waals surface area (Å²) >= 11 is 3.16. The van der Waals surface area contributed by atoms with Crippen molar-refractivity contribution >= 4 is 33.3 Å². The van der Waals surface area contributed by atoms with Gasteiger partial charge >= 0.3 is 5.97 Å². The lowest BCUT2D eigenvalue weighted by Gasteiger charge is -2.21. The van der Waals surface area contributed by atoms with E-state index in [1.165, 1.54) is 11.0 Å². The van der Waals surface area contributed by atoms with Crippen molar-refractivity contribution in [2.24, 2.45) is 0 Å². The van der Waals surface area contributed by atoms with Gasteiger partial charge in [-0.25, -0.2) is 0 Å². The second-order valence-electron chi connectivity index (χ2n) is 3.71. The Kier molecular flexibility index (Phi) is 5.08. The number of hydrogen-bond donors (Lipinski definition) is 1. The summed E-state index contributed by atoms with van der Waals surface area (Å²) in [6, 6.07) is 4.59. The van der Waals surface area contributed by atoms with E-state index in [0.29, 0.717) is 23.1 Å². The van der Waals surface area contributed by atoms with Crippen molar-refractivity contribution in [3.8, 4) is 0 Å². The van der Waals surface area contributed by atoms with E-state index in [1.807, 2.05) is 6.92 Å². The summed E-state index contributed by atoms with van der Waals surface area (Å²) in [6.45, 7) is 2.09. The molecule has 0 spiro atoms. The first kappa shape index (κ1) is 14.4. The fourth-order valence-electron chi connectivity index (χ4n) is 1.63. The van der Waals surface area contributed by atoms with Crippen LogP contribution in [0.25, 0.3) is 0 Å². The van der Waals surface area contributed by atoms with Crippen molar-refractivity contribution in [2.45, 2.75) is 13.3 Å². The van der Waals surface area contributed by atoms with Gasteiger partial charge in [-0.05, 0) is 18.6 Å². The highest BCUT2D eigenvalue weighted by molar-refractivity contribution is 9.10. The van der Waals surface area contributed by atoms with Gasteiger partial charge in [-0.3, -0.25) is 14.9 Å². The number of aliphatic carboxylic acids is 1. The smallest absolute Gasteiger partial charge is 0.323 e. The molecule has 0 bridgehead atoms. The molecule has 7 heteroatoms. The van der Waals surface area contributed by atoms with Gasteiger partial charge in [0.2, 0.25) is 0 Å². The minimum absolute atomic E-state index is 0.0981. The SMILES string of the molecule is CCCN(CC(=O)O)c1ccc(Br)cc1[N+](=O)[O-]. The topological polar surface area (TPSA) is 83.7 Å². The number of benzene rings is 1. The van der Waals surface area contributed by atoms with E-state index in [9.17, 15) is 14.9 Å². The van der Waals surface area contributed by atoms with Gasteiger partial charge in [-0.15, -0.1) is 0 Å². The molecule has 0 aromatic heterocycles. The van der Waals surface area contributed by atoms with Crippen LogP contribution in [0.3, 0.4) is 0 Å². The largest absolute Gasteiger partial charge is 0.480 e. The summed E-state index contributed by atoms with van der Waals surface area (Å²) in [5.74, 6) is -1.01. The molecule has 0 saturated carbocycles. The van der Waals surface area contributed by atoms with Gasteiger partial charge in [0.15, 0.2) is 0 Å². The maximum absolute atomic E-state index is 11.0.